The van der Waals surface area contributed by atoms with Gasteiger partial charge >= 0.3 is 0 Å². The van der Waals surface area contributed by atoms with E-state index in [9.17, 15) is 16.8 Å². The molecule has 1 aliphatic rings. The molecular weight excluding hydrogens is 388 g/mol. The van der Waals surface area contributed by atoms with Gasteiger partial charge in [0.25, 0.3) is 0 Å². The van der Waals surface area contributed by atoms with Gasteiger partial charge in [-0.2, -0.15) is 0 Å². The van der Waals surface area contributed by atoms with Gasteiger partial charge in [0.2, 0.25) is 10.0 Å². The van der Waals surface area contributed by atoms with Gasteiger partial charge in [0.1, 0.15) is 8.42 Å². The number of sulfonamides is 1. The van der Waals surface area contributed by atoms with E-state index in [0.717, 1.165) is 23.8 Å². The Hall–Kier alpha value is -0.130. The van der Waals surface area contributed by atoms with Crippen molar-refractivity contribution in [3.63, 3.8) is 0 Å². The average molecular weight is 415 g/mol. The van der Waals surface area contributed by atoms with E-state index >= 15 is 0 Å². The van der Waals surface area contributed by atoms with E-state index < -0.39 is 35.1 Å². The Balaban J connectivity index is 2.59. The van der Waals surface area contributed by atoms with Crippen molar-refractivity contribution >= 4 is 41.2 Å². The summed E-state index contributed by atoms with van der Waals surface area (Å²) in [7, 11) is -8.23. The molecular formula is C14H26N2O4S4. The average Bonchev–Trinajstić information content (AvgIpc) is 2.85. The van der Waals surface area contributed by atoms with Crippen molar-refractivity contribution in [3.8, 4) is 0 Å². The molecule has 2 atom stereocenters. The second kappa shape index (κ2) is 6.55. The Kier molecular flexibility index (Phi) is 5.51. The molecule has 1 aliphatic heterocycles. The summed E-state index contributed by atoms with van der Waals surface area (Å²) < 4.78 is 48.8. The summed E-state index contributed by atoms with van der Waals surface area (Å²) in [6.45, 7) is 4.52. The van der Waals surface area contributed by atoms with Crippen LogP contribution in [0.25, 0.3) is 0 Å². The topological polar surface area (TPSA) is 97.5 Å². The van der Waals surface area contributed by atoms with E-state index in [4.69, 9.17) is 5.14 Å². The minimum atomic E-state index is -3.91. The van der Waals surface area contributed by atoms with Crippen LogP contribution < -0.4 is 5.14 Å². The van der Waals surface area contributed by atoms with Gasteiger partial charge in [-0.3, -0.25) is 4.90 Å². The van der Waals surface area contributed by atoms with Crippen molar-refractivity contribution < 1.29 is 16.8 Å². The lowest BCUT2D eigenvalue weighted by Gasteiger charge is -2.40. The van der Waals surface area contributed by atoms with Crippen molar-refractivity contribution in [2.24, 2.45) is 5.14 Å². The normalized spacial score (nSPS) is 24.8. The third-order valence-electron chi connectivity index (χ3n) is 4.09. The van der Waals surface area contributed by atoms with E-state index in [1.807, 2.05) is 6.92 Å². The van der Waals surface area contributed by atoms with Crippen LogP contribution in [0.3, 0.4) is 0 Å². The van der Waals surface area contributed by atoms with Gasteiger partial charge in [-0.15, -0.1) is 11.3 Å². The molecule has 0 unspecified atom stereocenters. The standard InChI is InChI=1S/C14H26N2O4S4/c1-6-16(9-22(3,4)5)12-7-10(2)23(17,18)14-11(12)8-13(21-14)24(15,19)20/h8,10,12H,6-7,9H2,1-5H3,(H2,15,19,20)/t10-,12-/m0/s1. The number of thiophene rings is 1. The zero-order chi connectivity index (χ0) is 18.5. The van der Waals surface area contributed by atoms with Crippen LogP contribution in [-0.4, -0.2) is 58.2 Å². The molecule has 140 valence electrons. The van der Waals surface area contributed by atoms with E-state index in [1.165, 1.54) is 6.07 Å². The third-order valence-corrected chi connectivity index (χ3v) is 10.5. The Morgan fingerprint density at radius 2 is 1.92 bits per heavy atom. The minimum Gasteiger partial charge on any atom is -0.289 e. The fraction of sp³-hybridized carbons (Fsp3) is 0.714. The largest absolute Gasteiger partial charge is 0.289 e. The van der Waals surface area contributed by atoms with E-state index in [0.29, 0.717) is 12.0 Å². The van der Waals surface area contributed by atoms with Crippen molar-refractivity contribution in [1.82, 2.24) is 4.90 Å². The first-order valence-electron chi connectivity index (χ1n) is 7.58. The molecule has 6 nitrogen and oxygen atoms in total. The highest BCUT2D eigenvalue weighted by molar-refractivity contribution is 8.32. The van der Waals surface area contributed by atoms with Crippen LogP contribution in [0, 0.1) is 0 Å². The Morgan fingerprint density at radius 3 is 2.38 bits per heavy atom. The van der Waals surface area contributed by atoms with Gasteiger partial charge in [0.05, 0.1) is 5.25 Å². The van der Waals surface area contributed by atoms with Crippen LogP contribution in [-0.2, 0) is 19.9 Å². The maximum atomic E-state index is 12.6. The van der Waals surface area contributed by atoms with Gasteiger partial charge in [-0.05, 0) is 44.7 Å². The smallest absolute Gasteiger partial charge is 0.247 e. The summed E-state index contributed by atoms with van der Waals surface area (Å²) >= 11 is 0.782. The highest BCUT2D eigenvalue weighted by atomic mass is 32.3. The van der Waals surface area contributed by atoms with Crippen molar-refractivity contribution in [1.29, 1.82) is 0 Å². The zero-order valence-electron chi connectivity index (χ0n) is 14.6. The molecule has 0 aromatic carbocycles. The first-order valence-corrected chi connectivity index (χ1v) is 14.5. The number of nitrogens with two attached hydrogens (primary N) is 1. The predicted molar refractivity (Wildman–Crippen MR) is 102 cm³/mol. The lowest BCUT2D eigenvalue weighted by molar-refractivity contribution is 0.226. The molecule has 0 saturated heterocycles. The number of primary sulfonamides is 1. The number of sulfone groups is 1. The highest BCUT2D eigenvalue weighted by Gasteiger charge is 2.41. The number of rotatable bonds is 5. The fourth-order valence-corrected chi connectivity index (χ4v) is 8.71. The Bertz CT molecular complexity index is 821. The number of nitrogens with zero attached hydrogens (tertiary/aromatic N) is 1. The van der Waals surface area contributed by atoms with Gasteiger partial charge in [-0.25, -0.2) is 32.0 Å². The predicted octanol–water partition coefficient (Wildman–Crippen LogP) is 1.98. The first kappa shape index (κ1) is 20.2. The van der Waals surface area contributed by atoms with E-state index in [2.05, 4.69) is 23.7 Å². The fourth-order valence-electron chi connectivity index (χ4n) is 2.96. The molecule has 2 rings (SSSR count). The van der Waals surface area contributed by atoms with Crippen LogP contribution in [0.5, 0.6) is 0 Å². The second-order valence-corrected chi connectivity index (χ2v) is 16.9. The molecule has 0 spiro atoms. The van der Waals surface area contributed by atoms with Crippen LogP contribution >= 0.6 is 21.4 Å². The summed E-state index contributed by atoms with van der Waals surface area (Å²) in [6.07, 6.45) is 7.11. The SMILES string of the molecule is CCN(CS(C)(C)C)[C@H]1C[C@H](C)S(=O)(=O)c2sc(S(N)(=O)=O)cc21. The monoisotopic (exact) mass is 414 g/mol. The highest BCUT2D eigenvalue weighted by Crippen LogP contribution is 2.47. The van der Waals surface area contributed by atoms with Crippen molar-refractivity contribution in [3.05, 3.63) is 11.6 Å². The summed E-state index contributed by atoms with van der Waals surface area (Å²) in [4.78, 5) is 2.26. The Morgan fingerprint density at radius 1 is 1.33 bits per heavy atom. The lowest BCUT2D eigenvalue weighted by Crippen LogP contribution is -2.38. The van der Waals surface area contributed by atoms with Crippen LogP contribution in [0.4, 0.5) is 0 Å². The molecule has 1 aromatic heterocycles. The summed E-state index contributed by atoms with van der Waals surface area (Å²) in [5.74, 6) is 0.876. The first-order chi connectivity index (χ1) is 10.8. The molecule has 0 bridgehead atoms. The molecule has 10 heteroatoms. The van der Waals surface area contributed by atoms with Gasteiger partial charge in [0.15, 0.2) is 9.84 Å². The molecule has 24 heavy (non-hydrogen) atoms. The number of hydrogen-bond acceptors (Lipinski definition) is 6. The van der Waals surface area contributed by atoms with Gasteiger partial charge in [-0.1, -0.05) is 6.92 Å². The molecule has 2 N–H and O–H groups in total. The number of hydrogen-bond donors (Lipinski definition) is 1. The minimum absolute atomic E-state index is 0.0747. The van der Waals surface area contributed by atoms with Crippen LogP contribution in [0.1, 0.15) is 31.9 Å². The Labute approximate surface area is 150 Å². The maximum absolute atomic E-state index is 12.6. The maximum Gasteiger partial charge on any atom is 0.247 e. The summed E-state index contributed by atoms with van der Waals surface area (Å²) in [6, 6.07) is 1.37. The number of fused-ring (bicyclic) bond motifs is 1. The molecule has 2 heterocycles. The quantitative estimate of drug-likeness (QED) is 0.794. The third kappa shape index (κ3) is 3.99. The summed E-state index contributed by atoms with van der Waals surface area (Å²) in [5, 5.41) is 4.69. The van der Waals surface area contributed by atoms with Crippen molar-refractivity contribution in [2.75, 3.05) is 31.2 Å². The molecule has 0 amide bonds. The zero-order valence-corrected chi connectivity index (χ0v) is 17.9. The van der Waals surface area contributed by atoms with Crippen molar-refractivity contribution in [2.45, 2.75) is 40.0 Å². The van der Waals surface area contributed by atoms with Crippen LogP contribution in [0.15, 0.2) is 14.5 Å². The van der Waals surface area contributed by atoms with E-state index in [-0.39, 0.29) is 14.5 Å². The molecule has 0 aliphatic carbocycles. The molecule has 0 radical (unpaired) electrons. The molecule has 0 saturated carbocycles. The summed E-state index contributed by atoms with van der Waals surface area (Å²) in [5.41, 5.74) is 0.590. The van der Waals surface area contributed by atoms with E-state index in [1.54, 1.807) is 6.92 Å². The second-order valence-electron chi connectivity index (χ2n) is 7.09. The van der Waals surface area contributed by atoms with Gasteiger partial charge < -0.3 is 0 Å². The molecule has 0 fully saturated rings. The lowest BCUT2D eigenvalue weighted by atomic mass is 10.0. The van der Waals surface area contributed by atoms with Gasteiger partial charge in [0, 0.05) is 17.5 Å². The van der Waals surface area contributed by atoms with Crippen LogP contribution in [0.2, 0.25) is 0 Å². The molecule has 1 aromatic rings.